The van der Waals surface area contributed by atoms with Crippen LogP contribution in [0.2, 0.25) is 0 Å². The number of aliphatic hydroxyl groups is 1. The Morgan fingerprint density at radius 2 is 1.86 bits per heavy atom. The number of hydrogen-bond donors (Lipinski definition) is 2. The van der Waals surface area contributed by atoms with Gasteiger partial charge in [0, 0.05) is 16.2 Å². The van der Waals surface area contributed by atoms with Crippen molar-refractivity contribution in [2.45, 2.75) is 26.0 Å². The van der Waals surface area contributed by atoms with Gasteiger partial charge < -0.3 is 10.4 Å². The molecule has 3 heteroatoms. The van der Waals surface area contributed by atoms with Gasteiger partial charge in [-0.15, -0.1) is 0 Å². The first-order valence-electron chi connectivity index (χ1n) is 4.76. The number of halogens is 1. The Labute approximate surface area is 98.9 Å². The van der Waals surface area contributed by atoms with Gasteiger partial charge in [-0.2, -0.15) is 0 Å². The molecule has 0 amide bonds. The number of aliphatic hydroxyl groups excluding tert-OH is 1. The fourth-order valence-electron chi connectivity index (χ4n) is 1.22. The van der Waals surface area contributed by atoms with Gasteiger partial charge in [-0.1, -0.05) is 12.1 Å². The monoisotopic (exact) mass is 305 g/mol. The number of rotatable bonds is 4. The first-order chi connectivity index (χ1) is 6.59. The maximum Gasteiger partial charge on any atom is 0.0636 e. The van der Waals surface area contributed by atoms with Gasteiger partial charge >= 0.3 is 0 Å². The van der Waals surface area contributed by atoms with Crippen molar-refractivity contribution in [1.82, 2.24) is 5.32 Å². The second-order valence-electron chi connectivity index (χ2n) is 3.53. The smallest absolute Gasteiger partial charge is 0.0636 e. The average molecular weight is 305 g/mol. The standard InChI is InChI=1S/C11H16INO/c1-8(14)7-13-9(2)10-3-5-11(12)6-4-10/h3-6,8-9,13-14H,7H2,1-2H3/t8-,9?/m1/s1. The van der Waals surface area contributed by atoms with Crippen LogP contribution in [-0.2, 0) is 0 Å². The maximum atomic E-state index is 9.13. The molecule has 78 valence electrons. The van der Waals surface area contributed by atoms with E-state index < -0.39 is 0 Å². The Morgan fingerprint density at radius 1 is 1.29 bits per heavy atom. The van der Waals surface area contributed by atoms with E-state index in [1.165, 1.54) is 9.13 Å². The molecule has 1 rings (SSSR count). The first-order valence-corrected chi connectivity index (χ1v) is 5.84. The van der Waals surface area contributed by atoms with Gasteiger partial charge in [-0.05, 0) is 54.1 Å². The Kier molecular flexibility index (Phi) is 4.84. The fraction of sp³-hybridized carbons (Fsp3) is 0.455. The van der Waals surface area contributed by atoms with Crippen molar-refractivity contribution in [3.8, 4) is 0 Å². The van der Waals surface area contributed by atoms with Gasteiger partial charge in [0.2, 0.25) is 0 Å². The Bertz CT molecular complexity index is 271. The highest BCUT2D eigenvalue weighted by atomic mass is 127. The van der Waals surface area contributed by atoms with Crippen molar-refractivity contribution in [3.63, 3.8) is 0 Å². The van der Waals surface area contributed by atoms with E-state index in [-0.39, 0.29) is 6.10 Å². The van der Waals surface area contributed by atoms with Crippen LogP contribution in [0.4, 0.5) is 0 Å². The van der Waals surface area contributed by atoms with Crippen molar-refractivity contribution in [2.24, 2.45) is 0 Å². The van der Waals surface area contributed by atoms with Gasteiger partial charge in [0.15, 0.2) is 0 Å². The maximum absolute atomic E-state index is 9.13. The van der Waals surface area contributed by atoms with Crippen LogP contribution in [0.15, 0.2) is 24.3 Å². The second kappa shape index (κ2) is 5.68. The first kappa shape index (κ1) is 11.9. The number of benzene rings is 1. The van der Waals surface area contributed by atoms with Crippen LogP contribution in [-0.4, -0.2) is 17.8 Å². The van der Waals surface area contributed by atoms with E-state index in [9.17, 15) is 0 Å². The highest BCUT2D eigenvalue weighted by Crippen LogP contribution is 2.14. The highest BCUT2D eigenvalue weighted by Gasteiger charge is 2.05. The normalized spacial score (nSPS) is 15.1. The Hall–Kier alpha value is -0.130. The van der Waals surface area contributed by atoms with Crippen LogP contribution < -0.4 is 5.32 Å². The molecule has 2 nitrogen and oxygen atoms in total. The topological polar surface area (TPSA) is 32.3 Å². The van der Waals surface area contributed by atoms with E-state index in [4.69, 9.17) is 5.11 Å². The number of nitrogens with one attached hydrogen (secondary N) is 1. The summed E-state index contributed by atoms with van der Waals surface area (Å²) in [6.07, 6.45) is -0.290. The molecule has 0 radical (unpaired) electrons. The van der Waals surface area contributed by atoms with Gasteiger partial charge in [0.1, 0.15) is 0 Å². The molecule has 14 heavy (non-hydrogen) atoms. The molecule has 0 fully saturated rings. The minimum atomic E-state index is -0.290. The van der Waals surface area contributed by atoms with Gasteiger partial charge in [0.25, 0.3) is 0 Å². The third-order valence-electron chi connectivity index (χ3n) is 2.09. The summed E-state index contributed by atoms with van der Waals surface area (Å²) in [6, 6.07) is 8.71. The summed E-state index contributed by atoms with van der Waals surface area (Å²) in [6.45, 7) is 4.52. The van der Waals surface area contributed by atoms with Crippen LogP contribution in [0.5, 0.6) is 0 Å². The summed E-state index contributed by atoms with van der Waals surface area (Å²) in [5.41, 5.74) is 1.26. The zero-order chi connectivity index (χ0) is 10.6. The highest BCUT2D eigenvalue weighted by molar-refractivity contribution is 14.1. The molecular weight excluding hydrogens is 289 g/mol. The third kappa shape index (κ3) is 3.94. The molecule has 1 aromatic carbocycles. The quantitative estimate of drug-likeness (QED) is 0.837. The molecule has 0 saturated heterocycles. The summed E-state index contributed by atoms with van der Waals surface area (Å²) < 4.78 is 1.24. The molecule has 0 aliphatic carbocycles. The van der Waals surface area contributed by atoms with E-state index in [0.717, 1.165) is 0 Å². The Balaban J connectivity index is 2.52. The summed E-state index contributed by atoms with van der Waals surface area (Å²) in [5, 5.41) is 12.4. The van der Waals surface area contributed by atoms with Crippen LogP contribution in [0, 0.1) is 3.57 Å². The van der Waals surface area contributed by atoms with Gasteiger partial charge in [-0.3, -0.25) is 0 Å². The molecule has 0 saturated carbocycles. The molecule has 0 aromatic heterocycles. The van der Waals surface area contributed by atoms with Crippen molar-refractivity contribution >= 4 is 22.6 Å². The Morgan fingerprint density at radius 3 is 2.36 bits per heavy atom. The predicted molar refractivity (Wildman–Crippen MR) is 67.3 cm³/mol. The molecule has 0 aliphatic rings. The minimum Gasteiger partial charge on any atom is -0.392 e. The second-order valence-corrected chi connectivity index (χ2v) is 4.78. The molecule has 2 atom stereocenters. The zero-order valence-corrected chi connectivity index (χ0v) is 10.7. The summed E-state index contributed by atoms with van der Waals surface area (Å²) in [5.74, 6) is 0. The lowest BCUT2D eigenvalue weighted by Crippen LogP contribution is -2.27. The molecular formula is C11H16INO. The van der Waals surface area contributed by atoms with Crippen molar-refractivity contribution in [3.05, 3.63) is 33.4 Å². The summed E-state index contributed by atoms with van der Waals surface area (Å²) >= 11 is 2.29. The van der Waals surface area contributed by atoms with E-state index in [1.807, 2.05) is 0 Å². The van der Waals surface area contributed by atoms with E-state index >= 15 is 0 Å². The van der Waals surface area contributed by atoms with Crippen molar-refractivity contribution in [1.29, 1.82) is 0 Å². The van der Waals surface area contributed by atoms with E-state index in [2.05, 4.69) is 59.1 Å². The van der Waals surface area contributed by atoms with Crippen molar-refractivity contribution < 1.29 is 5.11 Å². The van der Waals surface area contributed by atoms with E-state index in [0.29, 0.717) is 12.6 Å². The van der Waals surface area contributed by atoms with Crippen LogP contribution in [0.1, 0.15) is 25.5 Å². The predicted octanol–water partition coefficient (Wildman–Crippen LogP) is 2.32. The molecule has 0 aliphatic heterocycles. The molecule has 0 heterocycles. The van der Waals surface area contributed by atoms with Crippen LogP contribution >= 0.6 is 22.6 Å². The zero-order valence-electron chi connectivity index (χ0n) is 8.50. The van der Waals surface area contributed by atoms with Crippen LogP contribution in [0.25, 0.3) is 0 Å². The molecule has 2 N–H and O–H groups in total. The summed E-state index contributed by atoms with van der Waals surface area (Å²) in [4.78, 5) is 0. The third-order valence-corrected chi connectivity index (χ3v) is 2.81. The largest absolute Gasteiger partial charge is 0.392 e. The SMILES string of the molecule is CC(NC[C@@H](C)O)c1ccc(I)cc1. The minimum absolute atomic E-state index is 0.290. The molecule has 1 unspecified atom stereocenters. The lowest BCUT2D eigenvalue weighted by Gasteiger charge is -2.15. The van der Waals surface area contributed by atoms with Crippen molar-refractivity contribution in [2.75, 3.05) is 6.54 Å². The molecule has 0 spiro atoms. The molecule has 0 bridgehead atoms. The lowest BCUT2D eigenvalue weighted by molar-refractivity contribution is 0.187. The molecule has 1 aromatic rings. The van der Waals surface area contributed by atoms with Gasteiger partial charge in [0.05, 0.1) is 6.10 Å². The van der Waals surface area contributed by atoms with Crippen LogP contribution in [0.3, 0.4) is 0 Å². The number of hydrogen-bond acceptors (Lipinski definition) is 2. The van der Waals surface area contributed by atoms with E-state index in [1.54, 1.807) is 6.92 Å². The van der Waals surface area contributed by atoms with Gasteiger partial charge in [-0.25, -0.2) is 0 Å². The average Bonchev–Trinajstić information content (AvgIpc) is 2.15. The lowest BCUT2D eigenvalue weighted by atomic mass is 10.1. The summed E-state index contributed by atoms with van der Waals surface area (Å²) in [7, 11) is 0. The fourth-order valence-corrected chi connectivity index (χ4v) is 1.58.